The van der Waals surface area contributed by atoms with Crippen molar-refractivity contribution in [1.82, 2.24) is 0 Å². The minimum Gasteiger partial charge on any atom is -0.388 e. The van der Waals surface area contributed by atoms with Crippen LogP contribution in [0.3, 0.4) is 0 Å². The van der Waals surface area contributed by atoms with Crippen LogP contribution in [0, 0.1) is 11.8 Å². The smallest absolute Gasteiger partial charge is 0.0778 e. The summed E-state index contributed by atoms with van der Waals surface area (Å²) < 4.78 is 0. The molecule has 1 aromatic carbocycles. The van der Waals surface area contributed by atoms with E-state index in [-0.39, 0.29) is 12.0 Å². The molecule has 0 aliphatic heterocycles. The van der Waals surface area contributed by atoms with E-state index in [0.717, 1.165) is 11.1 Å². The molecule has 0 amide bonds. The molecule has 0 saturated heterocycles. The Labute approximate surface area is 98.8 Å². The van der Waals surface area contributed by atoms with Crippen LogP contribution in [0.15, 0.2) is 35.9 Å². The third-order valence-corrected chi connectivity index (χ3v) is 2.77. The quantitative estimate of drug-likeness (QED) is 0.816. The Kier molecular flexibility index (Phi) is 4.75. The zero-order valence-electron chi connectivity index (χ0n) is 10.6. The Morgan fingerprint density at radius 2 is 1.62 bits per heavy atom. The molecule has 88 valence electrons. The molecule has 0 unspecified atom stereocenters. The van der Waals surface area contributed by atoms with Gasteiger partial charge in [0, 0.05) is 0 Å². The number of benzene rings is 1. The van der Waals surface area contributed by atoms with Crippen molar-refractivity contribution in [3.05, 3.63) is 41.5 Å². The minimum absolute atomic E-state index is 0.261. The zero-order valence-corrected chi connectivity index (χ0v) is 10.6. The second-order valence-electron chi connectivity index (χ2n) is 4.90. The van der Waals surface area contributed by atoms with E-state index in [4.69, 9.17) is 0 Å². The van der Waals surface area contributed by atoms with Crippen LogP contribution in [0.25, 0.3) is 6.08 Å². The number of hydrogen-bond donors (Lipinski definition) is 1. The molecular formula is C15H22O. The van der Waals surface area contributed by atoms with Crippen molar-refractivity contribution in [2.24, 2.45) is 11.8 Å². The molecule has 1 aromatic rings. The van der Waals surface area contributed by atoms with E-state index in [1.807, 2.05) is 32.0 Å². The van der Waals surface area contributed by atoms with Gasteiger partial charge in [-0.25, -0.2) is 0 Å². The van der Waals surface area contributed by atoms with Crippen molar-refractivity contribution in [2.75, 3.05) is 0 Å². The first-order valence-electron chi connectivity index (χ1n) is 5.97. The average molecular weight is 218 g/mol. The van der Waals surface area contributed by atoms with Gasteiger partial charge >= 0.3 is 0 Å². The third-order valence-electron chi connectivity index (χ3n) is 2.77. The van der Waals surface area contributed by atoms with Crippen LogP contribution in [0.5, 0.6) is 0 Å². The lowest BCUT2D eigenvalue weighted by Crippen LogP contribution is -2.20. The van der Waals surface area contributed by atoms with Crippen molar-refractivity contribution >= 4 is 6.08 Å². The predicted octanol–water partition coefficient (Wildman–Crippen LogP) is 3.74. The van der Waals surface area contributed by atoms with Crippen molar-refractivity contribution in [3.63, 3.8) is 0 Å². The summed E-state index contributed by atoms with van der Waals surface area (Å²) in [5.41, 5.74) is 2.27. The monoisotopic (exact) mass is 218 g/mol. The van der Waals surface area contributed by atoms with Crippen LogP contribution < -0.4 is 0 Å². The highest BCUT2D eigenvalue weighted by Crippen LogP contribution is 2.22. The summed E-state index contributed by atoms with van der Waals surface area (Å²) in [4.78, 5) is 0. The molecule has 0 aromatic heterocycles. The summed E-state index contributed by atoms with van der Waals surface area (Å²) in [5.74, 6) is 0.634. The van der Waals surface area contributed by atoms with Crippen LogP contribution in [0.1, 0.15) is 33.3 Å². The highest BCUT2D eigenvalue weighted by atomic mass is 16.3. The topological polar surface area (TPSA) is 20.2 Å². The molecule has 0 fully saturated rings. The van der Waals surface area contributed by atoms with E-state index in [9.17, 15) is 5.11 Å². The molecule has 0 radical (unpaired) electrons. The van der Waals surface area contributed by atoms with Crippen LogP contribution in [-0.4, -0.2) is 11.2 Å². The summed E-state index contributed by atoms with van der Waals surface area (Å²) in [5, 5.41) is 10.1. The molecule has 0 aliphatic carbocycles. The van der Waals surface area contributed by atoms with E-state index in [0.29, 0.717) is 5.92 Å². The molecule has 0 bridgehead atoms. The number of hydrogen-bond acceptors (Lipinski definition) is 1. The lowest BCUT2D eigenvalue weighted by Gasteiger charge is -2.21. The van der Waals surface area contributed by atoms with Crippen molar-refractivity contribution in [2.45, 2.75) is 33.8 Å². The lowest BCUT2D eigenvalue weighted by atomic mass is 9.89. The number of aliphatic hydroxyl groups is 1. The molecule has 0 heterocycles. The van der Waals surface area contributed by atoms with E-state index in [2.05, 4.69) is 32.1 Å². The fourth-order valence-electron chi connectivity index (χ4n) is 1.72. The summed E-state index contributed by atoms with van der Waals surface area (Å²) in [6.45, 7) is 8.35. The lowest BCUT2D eigenvalue weighted by molar-refractivity contribution is 0.152. The van der Waals surface area contributed by atoms with Crippen molar-refractivity contribution in [3.8, 4) is 0 Å². The first-order valence-corrected chi connectivity index (χ1v) is 5.97. The molecule has 1 rings (SSSR count). The van der Waals surface area contributed by atoms with Crippen LogP contribution in [0.2, 0.25) is 0 Å². The van der Waals surface area contributed by atoms with Gasteiger partial charge in [-0.3, -0.25) is 0 Å². The van der Waals surface area contributed by atoms with Crippen molar-refractivity contribution < 1.29 is 5.11 Å². The number of aliphatic hydroxyl groups excluding tert-OH is 1. The molecule has 0 saturated carbocycles. The van der Waals surface area contributed by atoms with E-state index < -0.39 is 0 Å². The van der Waals surface area contributed by atoms with Gasteiger partial charge in [-0.1, -0.05) is 64.1 Å². The molecule has 1 heteroatoms. The Bertz CT molecular complexity index is 336. The molecule has 1 nitrogen and oxygen atoms in total. The van der Waals surface area contributed by atoms with Gasteiger partial charge in [-0.15, -0.1) is 0 Å². The second-order valence-corrected chi connectivity index (χ2v) is 4.90. The standard InChI is InChI=1S/C15H22O/c1-11(2)14(15(16)12(3)4)10-13-8-6-5-7-9-13/h5-12,15-16H,1-4H3/b14-10+/t15-/m1/s1. The fraction of sp³-hybridized carbons (Fsp3) is 0.467. The normalized spacial score (nSPS) is 14.6. The molecule has 1 N–H and O–H groups in total. The maximum Gasteiger partial charge on any atom is 0.0778 e. The Morgan fingerprint density at radius 3 is 2.06 bits per heavy atom. The predicted molar refractivity (Wildman–Crippen MR) is 70.1 cm³/mol. The highest BCUT2D eigenvalue weighted by Gasteiger charge is 2.17. The first kappa shape index (κ1) is 13.0. The SMILES string of the molecule is CC(C)/C(=C\c1ccccc1)[C@H](O)C(C)C. The second kappa shape index (κ2) is 5.86. The van der Waals surface area contributed by atoms with Gasteiger partial charge in [0.15, 0.2) is 0 Å². The maximum absolute atomic E-state index is 10.1. The van der Waals surface area contributed by atoms with Crippen LogP contribution >= 0.6 is 0 Å². The van der Waals surface area contributed by atoms with Gasteiger partial charge in [0.1, 0.15) is 0 Å². The number of rotatable bonds is 4. The van der Waals surface area contributed by atoms with Gasteiger partial charge in [0.25, 0.3) is 0 Å². The van der Waals surface area contributed by atoms with Crippen LogP contribution in [0.4, 0.5) is 0 Å². The fourth-order valence-corrected chi connectivity index (χ4v) is 1.72. The highest BCUT2D eigenvalue weighted by molar-refractivity contribution is 5.54. The minimum atomic E-state index is -0.347. The van der Waals surface area contributed by atoms with Gasteiger partial charge in [0.2, 0.25) is 0 Å². The summed E-state index contributed by atoms with van der Waals surface area (Å²) in [6.07, 6.45) is 1.76. The summed E-state index contributed by atoms with van der Waals surface area (Å²) in [7, 11) is 0. The zero-order chi connectivity index (χ0) is 12.1. The molecule has 16 heavy (non-hydrogen) atoms. The van der Waals surface area contributed by atoms with Gasteiger partial charge < -0.3 is 5.11 Å². The van der Waals surface area contributed by atoms with Crippen molar-refractivity contribution in [1.29, 1.82) is 0 Å². The molecule has 1 atom stereocenters. The molecule has 0 aliphatic rings. The van der Waals surface area contributed by atoms with Gasteiger partial charge in [-0.2, -0.15) is 0 Å². The summed E-state index contributed by atoms with van der Waals surface area (Å²) in [6, 6.07) is 10.2. The Balaban J connectivity index is 2.99. The van der Waals surface area contributed by atoms with E-state index in [1.54, 1.807) is 0 Å². The Hall–Kier alpha value is -1.08. The van der Waals surface area contributed by atoms with E-state index >= 15 is 0 Å². The first-order chi connectivity index (χ1) is 7.52. The third kappa shape index (κ3) is 3.49. The summed E-state index contributed by atoms with van der Waals surface area (Å²) >= 11 is 0. The van der Waals surface area contributed by atoms with Gasteiger partial charge in [-0.05, 0) is 23.0 Å². The van der Waals surface area contributed by atoms with E-state index in [1.165, 1.54) is 0 Å². The largest absolute Gasteiger partial charge is 0.388 e. The maximum atomic E-state index is 10.1. The average Bonchev–Trinajstić information content (AvgIpc) is 2.26. The van der Waals surface area contributed by atoms with Crippen LogP contribution in [-0.2, 0) is 0 Å². The Morgan fingerprint density at radius 1 is 1.06 bits per heavy atom. The van der Waals surface area contributed by atoms with Gasteiger partial charge in [0.05, 0.1) is 6.10 Å². The molecule has 0 spiro atoms. The molecular weight excluding hydrogens is 196 g/mol.